The van der Waals surface area contributed by atoms with E-state index in [9.17, 15) is 0 Å². The highest BCUT2D eigenvalue weighted by molar-refractivity contribution is 5.79. The maximum Gasteiger partial charge on any atom is 0.191 e. The first kappa shape index (κ1) is 19.9. The van der Waals surface area contributed by atoms with E-state index in [0.717, 1.165) is 43.5 Å². The van der Waals surface area contributed by atoms with E-state index < -0.39 is 0 Å². The summed E-state index contributed by atoms with van der Waals surface area (Å²) in [5, 5.41) is 6.51. The van der Waals surface area contributed by atoms with Crippen molar-refractivity contribution in [2.24, 2.45) is 4.99 Å². The first-order chi connectivity index (χ1) is 11.7. The molecule has 0 aliphatic carbocycles. The van der Waals surface area contributed by atoms with Gasteiger partial charge in [0.05, 0.1) is 21.3 Å². The zero-order valence-electron chi connectivity index (χ0n) is 15.3. The second-order valence-corrected chi connectivity index (χ2v) is 4.92. The van der Waals surface area contributed by atoms with Crippen molar-refractivity contribution in [3.63, 3.8) is 0 Å². The van der Waals surface area contributed by atoms with Crippen LogP contribution in [-0.4, -0.2) is 54.1 Å². The van der Waals surface area contributed by atoms with Gasteiger partial charge >= 0.3 is 0 Å². The van der Waals surface area contributed by atoms with Crippen molar-refractivity contribution in [3.8, 4) is 17.2 Å². The molecule has 0 aliphatic heterocycles. The molecule has 0 aromatic heterocycles. The van der Waals surface area contributed by atoms with Gasteiger partial charge in [-0.3, -0.25) is 4.99 Å². The number of guanidine groups is 1. The number of nitrogens with zero attached hydrogens (tertiary/aromatic N) is 1. The summed E-state index contributed by atoms with van der Waals surface area (Å²) >= 11 is 0. The lowest BCUT2D eigenvalue weighted by Crippen LogP contribution is -2.37. The summed E-state index contributed by atoms with van der Waals surface area (Å²) in [5.41, 5.74) is 0.951. The lowest BCUT2D eigenvalue weighted by molar-refractivity contribution is 0.145. The molecule has 0 spiro atoms. The predicted octanol–water partition coefficient (Wildman–Crippen LogP) is 1.80. The van der Waals surface area contributed by atoms with Crippen LogP contribution < -0.4 is 24.8 Å². The predicted molar refractivity (Wildman–Crippen MR) is 95.4 cm³/mol. The number of ether oxygens (including phenoxy) is 4. The highest BCUT2D eigenvalue weighted by Crippen LogP contribution is 2.34. The topological polar surface area (TPSA) is 73.3 Å². The molecular weight excluding hydrogens is 310 g/mol. The van der Waals surface area contributed by atoms with Gasteiger partial charge in [0.15, 0.2) is 17.5 Å². The lowest BCUT2D eigenvalue weighted by atomic mass is 10.1. The third-order valence-corrected chi connectivity index (χ3v) is 3.42. The highest BCUT2D eigenvalue weighted by Gasteiger charge is 2.12. The molecule has 0 heterocycles. The lowest BCUT2D eigenvalue weighted by Gasteiger charge is -2.16. The summed E-state index contributed by atoms with van der Waals surface area (Å²) in [4.78, 5) is 4.21. The molecule has 1 aromatic carbocycles. The van der Waals surface area contributed by atoms with Crippen molar-refractivity contribution in [1.29, 1.82) is 0 Å². The number of hydrogen-bond donors (Lipinski definition) is 2. The van der Waals surface area contributed by atoms with Crippen LogP contribution in [0.2, 0.25) is 0 Å². The van der Waals surface area contributed by atoms with Gasteiger partial charge in [-0.15, -0.1) is 0 Å². The van der Waals surface area contributed by atoms with E-state index >= 15 is 0 Å². The van der Waals surface area contributed by atoms with Crippen LogP contribution in [0.1, 0.15) is 18.9 Å². The Morgan fingerprint density at radius 3 is 2.25 bits per heavy atom. The number of nitrogens with one attached hydrogen (secondary N) is 2. The molecule has 0 fully saturated rings. The molecule has 1 aromatic rings. The maximum atomic E-state index is 5.43. The van der Waals surface area contributed by atoms with Gasteiger partial charge in [-0.25, -0.2) is 0 Å². The average Bonchev–Trinajstić information content (AvgIpc) is 2.63. The van der Waals surface area contributed by atoms with Crippen molar-refractivity contribution < 1.29 is 18.9 Å². The fourth-order valence-electron chi connectivity index (χ4n) is 2.16. The molecule has 7 nitrogen and oxygen atoms in total. The summed E-state index contributed by atoms with van der Waals surface area (Å²) < 4.78 is 21.4. The summed E-state index contributed by atoms with van der Waals surface area (Å²) in [7, 11) is 6.58. The molecule has 0 radical (unpaired) electrons. The van der Waals surface area contributed by atoms with E-state index in [1.165, 1.54) is 0 Å². The second kappa shape index (κ2) is 11.4. The molecule has 0 aliphatic rings. The normalized spacial score (nSPS) is 11.1. The van der Waals surface area contributed by atoms with Crippen molar-refractivity contribution in [2.45, 2.75) is 19.9 Å². The number of benzene rings is 1. The molecule has 0 bridgehead atoms. The molecule has 0 unspecified atom stereocenters. The van der Waals surface area contributed by atoms with Gasteiger partial charge in [-0.1, -0.05) is 0 Å². The largest absolute Gasteiger partial charge is 0.496 e. The standard InChI is InChI=1S/C17H29N3O4/c1-6-24-9-7-8-19-17(18-2)20-12-13-10-15(22-4)16(23-5)11-14(13)21-3/h10-11H,6-9,12H2,1-5H3,(H2,18,19,20). The van der Waals surface area contributed by atoms with Crippen LogP contribution in [0.15, 0.2) is 17.1 Å². The Labute approximate surface area is 144 Å². The summed E-state index contributed by atoms with van der Waals surface area (Å²) in [6, 6.07) is 3.71. The third-order valence-electron chi connectivity index (χ3n) is 3.42. The molecule has 0 saturated heterocycles. The van der Waals surface area contributed by atoms with E-state index in [1.54, 1.807) is 28.4 Å². The van der Waals surface area contributed by atoms with Crippen molar-refractivity contribution in [3.05, 3.63) is 17.7 Å². The van der Waals surface area contributed by atoms with Crippen LogP contribution in [-0.2, 0) is 11.3 Å². The molecule has 2 N–H and O–H groups in total. The molecular formula is C17H29N3O4. The minimum atomic E-state index is 0.550. The zero-order valence-corrected chi connectivity index (χ0v) is 15.3. The highest BCUT2D eigenvalue weighted by atomic mass is 16.5. The van der Waals surface area contributed by atoms with Gasteiger partial charge in [0.25, 0.3) is 0 Å². The fourth-order valence-corrected chi connectivity index (χ4v) is 2.16. The molecule has 0 saturated carbocycles. The van der Waals surface area contributed by atoms with E-state index in [1.807, 2.05) is 19.1 Å². The minimum Gasteiger partial charge on any atom is -0.496 e. The van der Waals surface area contributed by atoms with E-state index in [2.05, 4.69) is 15.6 Å². The Kier molecular flexibility index (Phi) is 9.45. The first-order valence-electron chi connectivity index (χ1n) is 8.01. The quantitative estimate of drug-likeness (QED) is 0.385. The van der Waals surface area contributed by atoms with Crippen LogP contribution >= 0.6 is 0 Å². The van der Waals surface area contributed by atoms with Gasteiger partial charge in [-0.2, -0.15) is 0 Å². The molecule has 0 amide bonds. The Bertz CT molecular complexity index is 521. The van der Waals surface area contributed by atoms with Crippen molar-refractivity contribution in [1.82, 2.24) is 10.6 Å². The van der Waals surface area contributed by atoms with E-state index in [-0.39, 0.29) is 0 Å². The monoisotopic (exact) mass is 339 g/mol. The molecule has 0 atom stereocenters. The molecule has 24 heavy (non-hydrogen) atoms. The van der Waals surface area contributed by atoms with Crippen molar-refractivity contribution >= 4 is 5.96 Å². The van der Waals surface area contributed by atoms with Crippen LogP contribution in [0.3, 0.4) is 0 Å². The van der Waals surface area contributed by atoms with Crippen LogP contribution in [0, 0.1) is 0 Å². The average molecular weight is 339 g/mol. The second-order valence-electron chi connectivity index (χ2n) is 4.92. The van der Waals surface area contributed by atoms with Crippen LogP contribution in [0.5, 0.6) is 17.2 Å². The maximum absolute atomic E-state index is 5.43. The van der Waals surface area contributed by atoms with Gasteiger partial charge < -0.3 is 29.6 Å². The SMILES string of the molecule is CCOCCCNC(=NC)NCc1cc(OC)c(OC)cc1OC. The Hall–Kier alpha value is -2.15. The Balaban J connectivity index is 2.64. The third kappa shape index (κ3) is 6.16. The summed E-state index contributed by atoms with van der Waals surface area (Å²) in [6.45, 7) is 4.82. The number of methoxy groups -OCH3 is 3. The minimum absolute atomic E-state index is 0.550. The van der Waals surface area contributed by atoms with Gasteiger partial charge in [-0.05, 0) is 19.4 Å². The first-order valence-corrected chi connectivity index (χ1v) is 8.01. The van der Waals surface area contributed by atoms with Crippen molar-refractivity contribution in [2.75, 3.05) is 48.1 Å². The van der Waals surface area contributed by atoms with Gasteiger partial charge in [0.2, 0.25) is 0 Å². The van der Waals surface area contributed by atoms with Crippen LogP contribution in [0.4, 0.5) is 0 Å². The van der Waals surface area contributed by atoms with Crippen LogP contribution in [0.25, 0.3) is 0 Å². The zero-order chi connectivity index (χ0) is 17.8. The Morgan fingerprint density at radius 1 is 1.00 bits per heavy atom. The summed E-state index contributed by atoms with van der Waals surface area (Å²) in [5.74, 6) is 2.75. The number of aliphatic imine (C=N–C) groups is 1. The smallest absolute Gasteiger partial charge is 0.191 e. The Morgan fingerprint density at radius 2 is 1.67 bits per heavy atom. The summed E-state index contributed by atoms with van der Waals surface area (Å²) in [6.07, 6.45) is 0.925. The number of rotatable bonds is 10. The van der Waals surface area contributed by atoms with E-state index in [0.29, 0.717) is 18.0 Å². The fraction of sp³-hybridized carbons (Fsp3) is 0.588. The number of hydrogen-bond acceptors (Lipinski definition) is 5. The molecule has 1 rings (SSSR count). The molecule has 7 heteroatoms. The van der Waals surface area contributed by atoms with Gasteiger partial charge in [0, 0.05) is 45.0 Å². The molecule has 136 valence electrons. The van der Waals surface area contributed by atoms with E-state index in [4.69, 9.17) is 18.9 Å². The van der Waals surface area contributed by atoms with Gasteiger partial charge in [0.1, 0.15) is 5.75 Å².